The van der Waals surface area contributed by atoms with Crippen molar-refractivity contribution in [1.82, 2.24) is 4.31 Å². The van der Waals surface area contributed by atoms with Crippen molar-refractivity contribution in [1.29, 1.82) is 0 Å². The van der Waals surface area contributed by atoms with Gasteiger partial charge in [-0.2, -0.15) is 9.41 Å². The predicted octanol–water partition coefficient (Wildman–Crippen LogP) is 3.54. The molecule has 2 aromatic carbocycles. The minimum atomic E-state index is -3.82. The van der Waals surface area contributed by atoms with Gasteiger partial charge in [0.1, 0.15) is 11.4 Å². The lowest BCUT2D eigenvalue weighted by atomic mass is 10.2. The first-order chi connectivity index (χ1) is 13.2. The fourth-order valence-corrected chi connectivity index (χ4v) is 4.29. The first-order valence-electron chi connectivity index (χ1n) is 8.26. The minimum Gasteiger partial charge on any atom is -0.507 e. The molecule has 0 radical (unpaired) electrons. The van der Waals surface area contributed by atoms with Gasteiger partial charge >= 0.3 is 0 Å². The van der Waals surface area contributed by atoms with E-state index in [1.165, 1.54) is 28.7 Å². The zero-order valence-corrected chi connectivity index (χ0v) is 17.6. The maximum absolute atomic E-state index is 12.6. The molecule has 0 aliphatic rings. The SMILES string of the molecule is CCN(CC)S(=O)(=O)c1ccc(NN=Cc2cc(Br)ccc2O)c([N+](=O)[O-])c1. The quantitative estimate of drug-likeness (QED) is 0.345. The molecule has 0 fully saturated rings. The summed E-state index contributed by atoms with van der Waals surface area (Å²) in [4.78, 5) is 10.6. The second-order valence-corrected chi connectivity index (χ2v) is 8.45. The van der Waals surface area contributed by atoms with Crippen LogP contribution in [0.3, 0.4) is 0 Å². The van der Waals surface area contributed by atoms with Crippen LogP contribution in [0, 0.1) is 10.1 Å². The van der Waals surface area contributed by atoms with Crippen molar-refractivity contribution in [2.45, 2.75) is 18.7 Å². The van der Waals surface area contributed by atoms with Crippen LogP contribution in [-0.2, 0) is 10.0 Å². The second kappa shape index (κ2) is 9.13. The van der Waals surface area contributed by atoms with Gasteiger partial charge < -0.3 is 5.11 Å². The molecule has 0 spiro atoms. The van der Waals surface area contributed by atoms with E-state index >= 15 is 0 Å². The molecule has 0 saturated carbocycles. The van der Waals surface area contributed by atoms with Gasteiger partial charge in [-0.05, 0) is 30.3 Å². The molecule has 0 saturated heterocycles. The highest BCUT2D eigenvalue weighted by Crippen LogP contribution is 2.29. The molecule has 0 heterocycles. The Balaban J connectivity index is 2.35. The molecule has 9 nitrogen and oxygen atoms in total. The molecule has 0 bridgehead atoms. The van der Waals surface area contributed by atoms with Gasteiger partial charge in [0.05, 0.1) is 16.0 Å². The number of nitro benzene ring substituents is 1. The topological polar surface area (TPSA) is 125 Å². The van der Waals surface area contributed by atoms with E-state index in [4.69, 9.17) is 0 Å². The van der Waals surface area contributed by atoms with Crippen molar-refractivity contribution < 1.29 is 18.4 Å². The van der Waals surface area contributed by atoms with Gasteiger partial charge in [-0.25, -0.2) is 8.42 Å². The van der Waals surface area contributed by atoms with Gasteiger partial charge in [0, 0.05) is 29.2 Å². The van der Waals surface area contributed by atoms with Crippen molar-refractivity contribution in [3.63, 3.8) is 0 Å². The van der Waals surface area contributed by atoms with E-state index in [1.807, 2.05) is 0 Å². The van der Waals surface area contributed by atoms with Crippen molar-refractivity contribution in [3.05, 3.63) is 56.5 Å². The Morgan fingerprint density at radius 1 is 1.25 bits per heavy atom. The lowest BCUT2D eigenvalue weighted by Gasteiger charge is -2.18. The molecule has 0 aromatic heterocycles. The summed E-state index contributed by atoms with van der Waals surface area (Å²) < 4.78 is 27.1. The van der Waals surface area contributed by atoms with E-state index in [2.05, 4.69) is 26.5 Å². The molecule has 0 aliphatic heterocycles. The highest BCUT2D eigenvalue weighted by Gasteiger charge is 2.25. The molecule has 11 heteroatoms. The first-order valence-corrected chi connectivity index (χ1v) is 10.5. The molecule has 0 amide bonds. The maximum atomic E-state index is 12.6. The number of rotatable bonds is 8. The van der Waals surface area contributed by atoms with Gasteiger partial charge in [0.25, 0.3) is 5.69 Å². The van der Waals surface area contributed by atoms with Crippen LogP contribution in [0.15, 0.2) is 50.9 Å². The van der Waals surface area contributed by atoms with Gasteiger partial charge in [-0.15, -0.1) is 0 Å². The number of sulfonamides is 1. The van der Waals surface area contributed by atoms with E-state index < -0.39 is 20.6 Å². The smallest absolute Gasteiger partial charge is 0.295 e. The number of phenols is 1. The lowest BCUT2D eigenvalue weighted by molar-refractivity contribution is -0.384. The van der Waals surface area contributed by atoms with E-state index in [-0.39, 0.29) is 29.4 Å². The van der Waals surface area contributed by atoms with Crippen LogP contribution in [0.1, 0.15) is 19.4 Å². The summed E-state index contributed by atoms with van der Waals surface area (Å²) >= 11 is 3.27. The van der Waals surface area contributed by atoms with Crippen LogP contribution in [0.2, 0.25) is 0 Å². The van der Waals surface area contributed by atoms with Crippen LogP contribution in [0.25, 0.3) is 0 Å². The Hall–Kier alpha value is -2.50. The summed E-state index contributed by atoms with van der Waals surface area (Å²) in [5.74, 6) is -0.0103. The minimum absolute atomic E-state index is 0.0103. The number of halogens is 1. The summed E-state index contributed by atoms with van der Waals surface area (Å²) in [7, 11) is -3.82. The third-order valence-electron chi connectivity index (χ3n) is 3.89. The lowest BCUT2D eigenvalue weighted by Crippen LogP contribution is -2.30. The Morgan fingerprint density at radius 3 is 2.54 bits per heavy atom. The highest BCUT2D eigenvalue weighted by molar-refractivity contribution is 9.10. The van der Waals surface area contributed by atoms with Crippen LogP contribution < -0.4 is 5.43 Å². The molecule has 28 heavy (non-hydrogen) atoms. The van der Waals surface area contributed by atoms with Crippen LogP contribution in [-0.4, -0.2) is 42.1 Å². The van der Waals surface area contributed by atoms with E-state index in [0.717, 1.165) is 10.5 Å². The molecule has 0 aliphatic carbocycles. The number of nitrogens with one attached hydrogen (secondary N) is 1. The Labute approximate surface area is 171 Å². The third kappa shape index (κ3) is 4.86. The second-order valence-electron chi connectivity index (χ2n) is 5.60. The van der Waals surface area contributed by atoms with E-state index in [1.54, 1.807) is 26.0 Å². The number of hydrazone groups is 1. The number of nitro groups is 1. The molecular weight excluding hydrogens is 452 g/mol. The highest BCUT2D eigenvalue weighted by atomic mass is 79.9. The molecule has 2 N–H and O–H groups in total. The molecule has 0 unspecified atom stereocenters. The zero-order valence-electron chi connectivity index (χ0n) is 15.2. The number of benzene rings is 2. The fraction of sp³-hybridized carbons (Fsp3) is 0.235. The largest absolute Gasteiger partial charge is 0.507 e. The van der Waals surface area contributed by atoms with Crippen molar-refractivity contribution in [3.8, 4) is 5.75 Å². The fourth-order valence-electron chi connectivity index (χ4n) is 2.43. The Kier molecular flexibility index (Phi) is 7.11. The van der Waals surface area contributed by atoms with Gasteiger partial charge in [-0.1, -0.05) is 29.8 Å². The Morgan fingerprint density at radius 2 is 1.93 bits per heavy atom. The number of hydrogen-bond acceptors (Lipinski definition) is 7. The van der Waals surface area contributed by atoms with Crippen molar-refractivity contribution in [2.24, 2.45) is 5.10 Å². The van der Waals surface area contributed by atoms with Crippen molar-refractivity contribution in [2.75, 3.05) is 18.5 Å². The van der Waals surface area contributed by atoms with E-state index in [0.29, 0.717) is 5.56 Å². The normalized spacial score (nSPS) is 11.9. The summed E-state index contributed by atoms with van der Waals surface area (Å²) in [5.41, 5.74) is 2.51. The number of phenolic OH excluding ortho intramolecular Hbond substituents is 1. The van der Waals surface area contributed by atoms with Crippen LogP contribution in [0.5, 0.6) is 5.75 Å². The van der Waals surface area contributed by atoms with Gasteiger partial charge in [0.15, 0.2) is 0 Å². The standard InChI is InChI=1S/C17H19BrN4O5S/c1-3-21(4-2)28(26,27)14-6-7-15(16(10-14)22(24)25)20-19-11-12-9-13(18)5-8-17(12)23/h5-11,20,23H,3-4H2,1-2H3. The number of hydrogen-bond donors (Lipinski definition) is 2. The number of anilines is 1. The van der Waals surface area contributed by atoms with Gasteiger partial charge in [0.2, 0.25) is 10.0 Å². The summed E-state index contributed by atoms with van der Waals surface area (Å²) in [5, 5.41) is 25.1. The van der Waals surface area contributed by atoms with Crippen molar-refractivity contribution >= 4 is 43.5 Å². The summed E-state index contributed by atoms with van der Waals surface area (Å²) in [6.45, 7) is 3.90. The molecule has 2 aromatic rings. The predicted molar refractivity (Wildman–Crippen MR) is 110 cm³/mol. The van der Waals surface area contributed by atoms with Gasteiger partial charge in [-0.3, -0.25) is 15.5 Å². The molecular formula is C17H19BrN4O5S. The molecule has 150 valence electrons. The monoisotopic (exact) mass is 470 g/mol. The average Bonchev–Trinajstić information content (AvgIpc) is 2.65. The third-order valence-corrected chi connectivity index (χ3v) is 6.43. The Bertz CT molecular complexity index is 1010. The zero-order chi connectivity index (χ0) is 20.9. The number of nitrogens with zero attached hydrogens (tertiary/aromatic N) is 3. The molecule has 2 rings (SSSR count). The average molecular weight is 471 g/mol. The first kappa shape index (κ1) is 21.8. The number of aromatic hydroxyl groups is 1. The van der Waals surface area contributed by atoms with E-state index in [9.17, 15) is 23.6 Å². The van der Waals surface area contributed by atoms with Crippen LogP contribution in [0.4, 0.5) is 11.4 Å². The summed E-state index contributed by atoms with van der Waals surface area (Å²) in [6, 6.07) is 8.32. The summed E-state index contributed by atoms with van der Waals surface area (Å²) in [6.07, 6.45) is 1.30. The maximum Gasteiger partial charge on any atom is 0.295 e. The molecule has 0 atom stereocenters. The van der Waals surface area contributed by atoms with Crippen LogP contribution >= 0.6 is 15.9 Å².